The summed E-state index contributed by atoms with van der Waals surface area (Å²) in [5.74, 6) is -0.0719. The van der Waals surface area contributed by atoms with Crippen LogP contribution in [-0.2, 0) is 32.5 Å². The first-order chi connectivity index (χ1) is 5.00. The molecule has 12 heavy (non-hydrogen) atoms. The molecule has 1 rings (SSSR count). The monoisotopic (exact) mass is 280 g/mol. The topological polar surface area (TPSA) is 77.4 Å². The molecule has 0 radical (unpaired) electrons. The van der Waals surface area contributed by atoms with E-state index in [4.69, 9.17) is 5.11 Å². The van der Waals surface area contributed by atoms with Gasteiger partial charge in [-0.25, -0.2) is 8.42 Å². The van der Waals surface area contributed by atoms with E-state index < -0.39 is 10.1 Å². The van der Waals surface area contributed by atoms with Gasteiger partial charge in [0.25, 0.3) is 0 Å². The van der Waals surface area contributed by atoms with Crippen molar-refractivity contribution < 1.29 is 40.5 Å². The minimum absolute atomic E-state index is 0. The van der Waals surface area contributed by atoms with Crippen molar-refractivity contribution in [3.8, 4) is 5.75 Å². The number of benzene rings is 1. The van der Waals surface area contributed by atoms with Crippen molar-refractivity contribution in [1.29, 1.82) is 0 Å². The van der Waals surface area contributed by atoms with Gasteiger partial charge in [-0.2, -0.15) is 0 Å². The van der Waals surface area contributed by atoms with Crippen LogP contribution in [0.15, 0.2) is 29.2 Å². The zero-order chi connectivity index (χ0) is 8.48. The molecule has 1 N–H and O–H groups in total. The number of rotatable bonds is 1. The molecule has 0 bridgehead atoms. The maximum Gasteiger partial charge on any atom is 1.00 e. The van der Waals surface area contributed by atoms with E-state index in [0.717, 1.165) is 24.3 Å². The normalized spacial score (nSPS) is 10.4. The summed E-state index contributed by atoms with van der Waals surface area (Å²) in [6.45, 7) is 0. The third-order valence-corrected chi connectivity index (χ3v) is 1.97. The molecule has 1 aromatic carbocycles. The Hall–Kier alpha value is -0.330. The molecular weight excluding hydrogens is 276 g/mol. The number of hydrogen-bond donors (Lipinski definition) is 1. The predicted octanol–water partition coefficient (Wildman–Crippen LogP) is 0.294. The van der Waals surface area contributed by atoms with Crippen molar-refractivity contribution in [3.05, 3.63) is 24.3 Å². The van der Waals surface area contributed by atoms with Gasteiger partial charge < -0.3 is 9.66 Å². The Kier molecular flexibility index (Phi) is 3.95. The molecule has 0 heterocycles. The van der Waals surface area contributed by atoms with Gasteiger partial charge in [-0.3, -0.25) is 0 Å². The second kappa shape index (κ2) is 4.06. The summed E-state index contributed by atoms with van der Waals surface area (Å²) in [5.41, 5.74) is 0. The molecule has 0 unspecified atom stereocenters. The first-order valence-corrected chi connectivity index (χ1v) is 4.16. The summed E-state index contributed by atoms with van der Waals surface area (Å²) in [5, 5.41) is 8.73. The molecule has 0 aromatic heterocycles. The van der Waals surface area contributed by atoms with E-state index in [1.807, 2.05) is 0 Å². The molecule has 0 atom stereocenters. The Bertz CT molecular complexity index is 342. The Balaban J connectivity index is 0.00000121. The predicted molar refractivity (Wildman–Crippen MR) is 36.1 cm³/mol. The zero-order valence-electron chi connectivity index (χ0n) is 5.69. The Morgan fingerprint density at radius 1 is 1.17 bits per heavy atom. The first kappa shape index (κ1) is 11.7. The standard InChI is InChI=1S/C6H6O4S.Ag/c7-5-1-3-6(4-2-5)11(8,9)10;/h1-4,7H,(H,8,9,10);/q;+1/p-1. The molecular formula is C6H5AgO4S. The number of hydrogen-bond acceptors (Lipinski definition) is 4. The van der Waals surface area contributed by atoms with Crippen molar-refractivity contribution in [3.63, 3.8) is 0 Å². The number of aromatic hydroxyl groups is 1. The minimum Gasteiger partial charge on any atom is -0.744 e. The third kappa shape index (κ3) is 2.96. The Morgan fingerprint density at radius 2 is 1.58 bits per heavy atom. The van der Waals surface area contributed by atoms with E-state index in [1.54, 1.807) is 0 Å². The van der Waals surface area contributed by atoms with E-state index in [1.165, 1.54) is 0 Å². The van der Waals surface area contributed by atoms with Gasteiger partial charge in [0, 0.05) is 0 Å². The van der Waals surface area contributed by atoms with Crippen molar-refractivity contribution in [2.45, 2.75) is 4.90 Å². The van der Waals surface area contributed by atoms with E-state index in [0.29, 0.717) is 0 Å². The van der Waals surface area contributed by atoms with Gasteiger partial charge >= 0.3 is 22.4 Å². The summed E-state index contributed by atoms with van der Waals surface area (Å²) in [7, 11) is -4.38. The molecule has 0 aliphatic rings. The number of phenols is 1. The molecule has 0 saturated heterocycles. The molecule has 70 valence electrons. The van der Waals surface area contributed by atoms with Crippen LogP contribution in [0.4, 0.5) is 0 Å². The fourth-order valence-electron chi connectivity index (χ4n) is 0.613. The number of phenolic OH excluding ortho intramolecular Hbond substituents is 1. The second-order valence-corrected chi connectivity index (χ2v) is 3.33. The van der Waals surface area contributed by atoms with Crippen LogP contribution in [0.25, 0.3) is 0 Å². The maximum atomic E-state index is 10.3. The van der Waals surface area contributed by atoms with Crippen molar-refractivity contribution in [2.75, 3.05) is 0 Å². The average molecular weight is 281 g/mol. The Morgan fingerprint density at radius 3 is 1.92 bits per heavy atom. The van der Waals surface area contributed by atoms with Gasteiger partial charge in [0.1, 0.15) is 15.9 Å². The van der Waals surface area contributed by atoms with Crippen molar-refractivity contribution in [1.82, 2.24) is 0 Å². The second-order valence-electron chi connectivity index (χ2n) is 1.95. The van der Waals surface area contributed by atoms with Crippen LogP contribution in [0.3, 0.4) is 0 Å². The quantitative estimate of drug-likeness (QED) is 0.593. The first-order valence-electron chi connectivity index (χ1n) is 2.75. The molecule has 4 nitrogen and oxygen atoms in total. The molecule has 0 aliphatic carbocycles. The van der Waals surface area contributed by atoms with Crippen LogP contribution < -0.4 is 0 Å². The van der Waals surface area contributed by atoms with Crippen LogP contribution in [0.5, 0.6) is 5.75 Å². The van der Waals surface area contributed by atoms with Crippen LogP contribution >= 0.6 is 0 Å². The summed E-state index contributed by atoms with van der Waals surface area (Å²) < 4.78 is 30.9. The van der Waals surface area contributed by atoms with Crippen LogP contribution in [-0.4, -0.2) is 18.1 Å². The average Bonchev–Trinajstić information content (AvgIpc) is 1.86. The molecule has 0 saturated carbocycles. The SMILES string of the molecule is O=S(=O)([O-])c1ccc(O)cc1.[Ag+]. The largest absolute Gasteiger partial charge is 1.00 e. The van der Waals surface area contributed by atoms with Gasteiger partial charge in [0.15, 0.2) is 0 Å². The van der Waals surface area contributed by atoms with Gasteiger partial charge in [-0.1, -0.05) is 0 Å². The summed E-state index contributed by atoms with van der Waals surface area (Å²) in [4.78, 5) is -0.338. The minimum atomic E-state index is -4.38. The summed E-state index contributed by atoms with van der Waals surface area (Å²) in [6.07, 6.45) is 0. The summed E-state index contributed by atoms with van der Waals surface area (Å²) >= 11 is 0. The van der Waals surface area contributed by atoms with Crippen molar-refractivity contribution >= 4 is 10.1 Å². The molecule has 0 spiro atoms. The molecule has 0 amide bonds. The van der Waals surface area contributed by atoms with Crippen LogP contribution in [0.2, 0.25) is 0 Å². The smallest absolute Gasteiger partial charge is 0.744 e. The van der Waals surface area contributed by atoms with Gasteiger partial charge in [0.2, 0.25) is 0 Å². The fourth-order valence-corrected chi connectivity index (χ4v) is 1.08. The van der Waals surface area contributed by atoms with E-state index in [-0.39, 0.29) is 33.0 Å². The van der Waals surface area contributed by atoms with Crippen LogP contribution in [0, 0.1) is 0 Å². The van der Waals surface area contributed by atoms with Crippen molar-refractivity contribution in [2.24, 2.45) is 0 Å². The van der Waals surface area contributed by atoms with Crippen LogP contribution in [0.1, 0.15) is 0 Å². The van der Waals surface area contributed by atoms with Gasteiger partial charge in [-0.15, -0.1) is 0 Å². The van der Waals surface area contributed by atoms with E-state index >= 15 is 0 Å². The molecule has 1 aromatic rings. The summed E-state index contributed by atoms with van der Waals surface area (Å²) in [6, 6.07) is 4.39. The molecule has 6 heteroatoms. The van der Waals surface area contributed by atoms with E-state index in [2.05, 4.69) is 0 Å². The van der Waals surface area contributed by atoms with Gasteiger partial charge in [0.05, 0.1) is 4.90 Å². The fraction of sp³-hybridized carbons (Fsp3) is 0. The van der Waals surface area contributed by atoms with Gasteiger partial charge in [-0.05, 0) is 24.3 Å². The molecule has 0 fully saturated rings. The molecule has 0 aliphatic heterocycles. The third-order valence-electron chi connectivity index (χ3n) is 1.13. The maximum absolute atomic E-state index is 10.3. The zero-order valence-corrected chi connectivity index (χ0v) is 7.99. The Labute approximate surface area is 85.5 Å². The van der Waals surface area contributed by atoms with E-state index in [9.17, 15) is 13.0 Å².